The largest absolute Gasteiger partial charge is 0.481 e. The number of rotatable bonds is 13. The number of carboxylic acids is 1. The molecule has 0 spiro atoms. The highest BCUT2D eigenvalue weighted by Crippen LogP contribution is 2.29. The Morgan fingerprint density at radius 2 is 1.49 bits per heavy atom. The number of benzene rings is 4. The number of hydrogen-bond acceptors (Lipinski definition) is 5. The van der Waals surface area contributed by atoms with Crippen LogP contribution < -0.4 is 15.4 Å². The van der Waals surface area contributed by atoms with Gasteiger partial charge in [0.1, 0.15) is 11.5 Å². The van der Waals surface area contributed by atoms with Crippen molar-refractivity contribution in [3.63, 3.8) is 0 Å². The number of para-hydroxylation sites is 1. The summed E-state index contributed by atoms with van der Waals surface area (Å²) >= 11 is 0. The standard InChI is InChI=1S/C34H34N2O6S/c37-33(38)22-27(26-13-17-31(18-14-26)42-30-7-2-1-3-8-30)23-43(40,41)32-19-11-24(12-20-32)9-10-25-5-4-6-29(21-25)36-34(39)35-28-15-16-28/h1-8,11-14,17-21,27-28H,9-10,15-16,22-23H2,(H,37,38)(H2,35,36,39). The minimum Gasteiger partial charge on any atom is -0.481 e. The first kappa shape index (κ1) is 29.8. The van der Waals surface area contributed by atoms with Gasteiger partial charge in [-0.2, -0.15) is 0 Å². The van der Waals surface area contributed by atoms with Gasteiger partial charge < -0.3 is 20.5 Å². The van der Waals surface area contributed by atoms with E-state index in [2.05, 4.69) is 10.6 Å². The maximum Gasteiger partial charge on any atom is 0.319 e. The van der Waals surface area contributed by atoms with E-state index in [0.717, 1.165) is 36.1 Å². The Balaban J connectivity index is 1.20. The average molecular weight is 599 g/mol. The molecule has 0 aromatic heterocycles. The average Bonchev–Trinajstić information content (AvgIpc) is 3.80. The maximum atomic E-state index is 13.3. The first-order chi connectivity index (χ1) is 20.7. The van der Waals surface area contributed by atoms with E-state index in [9.17, 15) is 23.1 Å². The van der Waals surface area contributed by atoms with E-state index in [1.807, 2.05) is 54.6 Å². The molecule has 222 valence electrons. The van der Waals surface area contributed by atoms with Crippen molar-refractivity contribution in [2.45, 2.75) is 49.0 Å². The third-order valence-electron chi connectivity index (χ3n) is 7.25. The van der Waals surface area contributed by atoms with E-state index in [1.54, 1.807) is 48.5 Å². The Bertz CT molecular complexity index is 1650. The lowest BCUT2D eigenvalue weighted by Crippen LogP contribution is -2.30. The minimum atomic E-state index is -3.76. The molecule has 0 radical (unpaired) electrons. The lowest BCUT2D eigenvalue weighted by molar-refractivity contribution is -0.137. The number of amides is 2. The molecular formula is C34H34N2O6S. The van der Waals surface area contributed by atoms with E-state index in [-0.39, 0.29) is 29.1 Å². The predicted octanol–water partition coefficient (Wildman–Crippen LogP) is 6.58. The van der Waals surface area contributed by atoms with Gasteiger partial charge in [-0.15, -0.1) is 0 Å². The number of urea groups is 1. The Hall–Kier alpha value is -4.63. The van der Waals surface area contributed by atoms with Crippen molar-refractivity contribution < 1.29 is 27.9 Å². The first-order valence-corrected chi connectivity index (χ1v) is 15.9. The van der Waals surface area contributed by atoms with Crippen LogP contribution >= 0.6 is 0 Å². The molecule has 0 bridgehead atoms. The van der Waals surface area contributed by atoms with Crippen molar-refractivity contribution in [3.05, 3.63) is 120 Å². The van der Waals surface area contributed by atoms with Crippen LogP contribution in [0.25, 0.3) is 0 Å². The summed E-state index contributed by atoms with van der Waals surface area (Å²) in [6.07, 6.45) is 3.14. The number of hydrogen-bond donors (Lipinski definition) is 3. The molecule has 3 N–H and O–H groups in total. The third-order valence-corrected chi connectivity index (χ3v) is 9.09. The summed E-state index contributed by atoms with van der Waals surface area (Å²) in [5, 5.41) is 15.3. The number of carbonyl (C=O) groups is 2. The summed E-state index contributed by atoms with van der Waals surface area (Å²) in [6.45, 7) is 0. The molecule has 1 unspecified atom stereocenters. The molecule has 43 heavy (non-hydrogen) atoms. The highest BCUT2D eigenvalue weighted by Gasteiger charge is 2.25. The van der Waals surface area contributed by atoms with Crippen LogP contribution in [0.3, 0.4) is 0 Å². The molecule has 1 aliphatic carbocycles. The fourth-order valence-electron chi connectivity index (χ4n) is 4.81. The zero-order valence-corrected chi connectivity index (χ0v) is 24.4. The molecular weight excluding hydrogens is 564 g/mol. The molecule has 1 aliphatic rings. The summed E-state index contributed by atoms with van der Waals surface area (Å²) in [5.74, 6) is -0.874. The van der Waals surface area contributed by atoms with E-state index in [0.29, 0.717) is 23.5 Å². The van der Waals surface area contributed by atoms with Gasteiger partial charge in [-0.1, -0.05) is 54.6 Å². The normalized spacial score (nSPS) is 13.6. The summed E-state index contributed by atoms with van der Waals surface area (Å²) in [4.78, 5) is 23.8. The van der Waals surface area contributed by atoms with E-state index >= 15 is 0 Å². The first-order valence-electron chi connectivity index (χ1n) is 14.3. The van der Waals surface area contributed by atoms with Crippen LogP contribution in [-0.4, -0.2) is 37.3 Å². The number of aliphatic carboxylic acids is 1. The van der Waals surface area contributed by atoms with E-state index in [4.69, 9.17) is 4.74 Å². The Labute approximate surface area is 251 Å². The van der Waals surface area contributed by atoms with Crippen molar-refractivity contribution >= 4 is 27.5 Å². The van der Waals surface area contributed by atoms with Gasteiger partial charge in [0.25, 0.3) is 0 Å². The number of carbonyl (C=O) groups excluding carboxylic acids is 1. The van der Waals surface area contributed by atoms with Crippen LogP contribution in [0.1, 0.15) is 41.9 Å². The SMILES string of the molecule is O=C(O)CC(CS(=O)(=O)c1ccc(CCc2cccc(NC(=O)NC3CC3)c2)cc1)c1ccc(Oc2ccccc2)cc1. The highest BCUT2D eigenvalue weighted by molar-refractivity contribution is 7.91. The van der Waals surface area contributed by atoms with Gasteiger partial charge in [0.2, 0.25) is 0 Å². The summed E-state index contributed by atoms with van der Waals surface area (Å²) < 4.78 is 32.5. The molecule has 8 nitrogen and oxygen atoms in total. The van der Waals surface area contributed by atoms with Crippen molar-refractivity contribution in [1.29, 1.82) is 0 Å². The fraction of sp³-hybridized carbons (Fsp3) is 0.235. The molecule has 4 aromatic rings. The van der Waals surface area contributed by atoms with Gasteiger partial charge in [-0.25, -0.2) is 13.2 Å². The topological polar surface area (TPSA) is 122 Å². The van der Waals surface area contributed by atoms with Gasteiger partial charge in [0.15, 0.2) is 9.84 Å². The molecule has 4 aromatic carbocycles. The Morgan fingerprint density at radius 3 is 2.16 bits per heavy atom. The van der Waals surface area contributed by atoms with Crippen LogP contribution in [-0.2, 0) is 27.5 Å². The molecule has 0 aliphatic heterocycles. The molecule has 5 rings (SSSR count). The molecule has 2 amide bonds. The van der Waals surface area contributed by atoms with Crippen LogP contribution in [0.15, 0.2) is 108 Å². The monoisotopic (exact) mass is 598 g/mol. The molecule has 1 fully saturated rings. The number of sulfone groups is 1. The summed E-state index contributed by atoms with van der Waals surface area (Å²) in [6, 6.07) is 30.6. The third kappa shape index (κ3) is 8.93. The zero-order valence-electron chi connectivity index (χ0n) is 23.6. The molecule has 9 heteroatoms. The van der Waals surface area contributed by atoms with Gasteiger partial charge in [0.05, 0.1) is 17.1 Å². The summed E-state index contributed by atoms with van der Waals surface area (Å²) in [7, 11) is -3.76. The molecule has 0 saturated heterocycles. The van der Waals surface area contributed by atoms with Gasteiger partial charge in [-0.3, -0.25) is 4.79 Å². The smallest absolute Gasteiger partial charge is 0.319 e. The van der Waals surface area contributed by atoms with Crippen molar-refractivity contribution in [2.75, 3.05) is 11.1 Å². The van der Waals surface area contributed by atoms with Gasteiger partial charge >= 0.3 is 12.0 Å². The van der Waals surface area contributed by atoms with Crippen LogP contribution in [0.4, 0.5) is 10.5 Å². The van der Waals surface area contributed by atoms with Crippen LogP contribution in [0.5, 0.6) is 11.5 Å². The van der Waals surface area contributed by atoms with Crippen LogP contribution in [0, 0.1) is 0 Å². The summed E-state index contributed by atoms with van der Waals surface area (Å²) in [5.41, 5.74) is 3.37. The van der Waals surface area contributed by atoms with Crippen LogP contribution in [0.2, 0.25) is 0 Å². The van der Waals surface area contributed by atoms with Gasteiger partial charge in [-0.05, 0) is 90.9 Å². The predicted molar refractivity (Wildman–Crippen MR) is 165 cm³/mol. The van der Waals surface area contributed by atoms with Crippen molar-refractivity contribution in [3.8, 4) is 11.5 Å². The Kier molecular flexibility index (Phi) is 9.41. The Morgan fingerprint density at radius 1 is 0.814 bits per heavy atom. The quantitative estimate of drug-likeness (QED) is 0.160. The van der Waals surface area contributed by atoms with E-state index < -0.39 is 21.7 Å². The second-order valence-corrected chi connectivity index (χ2v) is 12.8. The fourth-order valence-corrected chi connectivity index (χ4v) is 6.40. The number of nitrogens with one attached hydrogen (secondary N) is 2. The van der Waals surface area contributed by atoms with E-state index in [1.165, 1.54) is 0 Å². The lowest BCUT2D eigenvalue weighted by Gasteiger charge is -2.17. The lowest BCUT2D eigenvalue weighted by atomic mass is 9.98. The highest BCUT2D eigenvalue weighted by atomic mass is 32.2. The number of ether oxygens (including phenoxy) is 1. The molecule has 1 saturated carbocycles. The van der Waals surface area contributed by atoms with Crippen molar-refractivity contribution in [1.82, 2.24) is 5.32 Å². The molecule has 0 heterocycles. The maximum absolute atomic E-state index is 13.3. The number of carboxylic acid groups (broad SMARTS) is 1. The van der Waals surface area contributed by atoms with Gasteiger partial charge in [0, 0.05) is 17.6 Å². The second kappa shape index (κ2) is 13.6. The number of anilines is 1. The van der Waals surface area contributed by atoms with Crippen molar-refractivity contribution in [2.24, 2.45) is 0 Å². The number of aryl methyl sites for hydroxylation is 2. The zero-order chi connectivity index (χ0) is 30.2. The second-order valence-electron chi connectivity index (χ2n) is 10.8. The minimum absolute atomic E-state index is 0.156. The molecule has 1 atom stereocenters.